The summed E-state index contributed by atoms with van der Waals surface area (Å²) in [6.45, 7) is 0. The lowest BCUT2D eigenvalue weighted by Crippen LogP contribution is -1.77. The Labute approximate surface area is 76.4 Å². The minimum Gasteiger partial charge on any atom is -0.249 e. The van der Waals surface area contributed by atoms with E-state index in [-0.39, 0.29) is 0 Å². The minimum absolute atomic E-state index is 0.866. The highest BCUT2D eigenvalue weighted by Crippen LogP contribution is 2.14. The Morgan fingerprint density at radius 3 is 2.90 bits per heavy atom. The number of hydrogen-bond donors (Lipinski definition) is 0. The number of nitrogens with zero attached hydrogens (tertiary/aromatic N) is 1. The van der Waals surface area contributed by atoms with Crippen molar-refractivity contribution >= 4 is 37.9 Å². The maximum absolute atomic E-state index is 4.04. The van der Waals surface area contributed by atoms with Gasteiger partial charge in [0.1, 0.15) is 4.60 Å². The molecule has 0 bridgehead atoms. The summed E-state index contributed by atoms with van der Waals surface area (Å²) in [4.78, 5) is 5.84. The number of halogens is 2. The molecule has 0 aliphatic carbocycles. The van der Waals surface area contributed by atoms with Gasteiger partial charge in [0.2, 0.25) is 0 Å². The first-order valence-electron chi connectivity index (χ1n) is 2.72. The molecule has 0 fully saturated rings. The Morgan fingerprint density at radius 2 is 2.30 bits per heavy atom. The number of pyridine rings is 1. The Kier molecular flexibility index (Phi) is 3.09. The van der Waals surface area contributed by atoms with Crippen molar-refractivity contribution in [2.75, 3.05) is 0 Å². The lowest BCUT2D eigenvalue weighted by molar-refractivity contribution is 1.26. The topological polar surface area (TPSA) is 12.9 Å². The van der Waals surface area contributed by atoms with E-state index < -0.39 is 0 Å². The van der Waals surface area contributed by atoms with E-state index in [0.29, 0.717) is 0 Å². The maximum atomic E-state index is 4.04. The maximum Gasteiger partial charge on any atom is 0.113 e. The zero-order chi connectivity index (χ0) is 7.40. The summed E-state index contributed by atoms with van der Waals surface area (Å²) in [7, 11) is 0. The summed E-state index contributed by atoms with van der Waals surface area (Å²) in [6.07, 6.45) is 3.67. The molecule has 1 rings (SSSR count). The summed E-state index contributed by atoms with van der Waals surface area (Å²) in [6, 6.07) is 3.88. The third-order valence-corrected chi connectivity index (χ3v) is 1.96. The van der Waals surface area contributed by atoms with Crippen LogP contribution in [0.25, 0.3) is 6.08 Å². The highest BCUT2D eigenvalue weighted by molar-refractivity contribution is 9.11. The molecule has 0 amide bonds. The lowest BCUT2D eigenvalue weighted by atomic mass is 10.3. The van der Waals surface area contributed by atoms with Crippen LogP contribution in [-0.4, -0.2) is 4.98 Å². The normalized spacial score (nSPS) is 10.6. The zero-order valence-electron chi connectivity index (χ0n) is 5.09. The quantitative estimate of drug-likeness (QED) is 0.709. The molecule has 0 radical (unpaired) electrons. The molecule has 0 atom stereocenters. The minimum atomic E-state index is 0.866. The predicted octanol–water partition coefficient (Wildman–Crippen LogP) is 3.21. The van der Waals surface area contributed by atoms with Crippen LogP contribution in [0.2, 0.25) is 0 Å². The van der Waals surface area contributed by atoms with E-state index in [1.165, 1.54) is 0 Å². The summed E-state index contributed by atoms with van der Waals surface area (Å²) in [5.74, 6) is 0. The van der Waals surface area contributed by atoms with Gasteiger partial charge < -0.3 is 0 Å². The summed E-state index contributed by atoms with van der Waals surface area (Å²) in [5, 5.41) is 0. The fourth-order valence-electron chi connectivity index (χ4n) is 0.591. The lowest BCUT2D eigenvalue weighted by Gasteiger charge is -1.92. The van der Waals surface area contributed by atoms with Crippen LogP contribution in [0.15, 0.2) is 27.9 Å². The van der Waals surface area contributed by atoms with Crippen LogP contribution in [-0.2, 0) is 0 Å². The highest BCUT2D eigenvalue weighted by Gasteiger charge is 1.91. The molecule has 1 aromatic heterocycles. The second-order valence-corrected chi connectivity index (χ2v) is 2.96. The smallest absolute Gasteiger partial charge is 0.113 e. The molecule has 0 aliphatic rings. The average molecular weight is 263 g/mol. The van der Waals surface area contributed by atoms with Crippen LogP contribution in [0, 0.1) is 0 Å². The standard InChI is InChI=1S/C7H5Br2N/c8-4-3-6-2-1-5-10-7(6)9/h1-5H/b4-3-. The van der Waals surface area contributed by atoms with Gasteiger partial charge in [0.05, 0.1) is 0 Å². The molecule has 0 aliphatic heterocycles. The van der Waals surface area contributed by atoms with Crippen molar-refractivity contribution in [3.05, 3.63) is 33.5 Å². The molecule has 52 valence electrons. The molecule has 0 aromatic carbocycles. The van der Waals surface area contributed by atoms with Crippen molar-refractivity contribution in [3.63, 3.8) is 0 Å². The van der Waals surface area contributed by atoms with Crippen LogP contribution in [0.1, 0.15) is 5.56 Å². The Morgan fingerprint density at radius 1 is 1.50 bits per heavy atom. The fraction of sp³-hybridized carbons (Fsp3) is 0. The third kappa shape index (κ3) is 1.92. The molecular formula is C7H5Br2N. The molecule has 0 unspecified atom stereocenters. The first-order valence-corrected chi connectivity index (χ1v) is 4.43. The van der Waals surface area contributed by atoms with Crippen LogP contribution in [0.3, 0.4) is 0 Å². The van der Waals surface area contributed by atoms with E-state index in [1.807, 2.05) is 18.2 Å². The largest absolute Gasteiger partial charge is 0.249 e. The molecule has 3 heteroatoms. The Balaban J connectivity index is 3.03. The summed E-state index contributed by atoms with van der Waals surface area (Å²) in [5.41, 5.74) is 1.07. The van der Waals surface area contributed by atoms with E-state index in [0.717, 1.165) is 10.2 Å². The third-order valence-electron chi connectivity index (χ3n) is 1.03. The SMILES string of the molecule is Br/C=C\c1cccnc1Br. The molecular weight excluding hydrogens is 258 g/mol. The van der Waals surface area contributed by atoms with Gasteiger partial charge in [0.25, 0.3) is 0 Å². The summed E-state index contributed by atoms with van der Waals surface area (Å²) >= 11 is 6.51. The van der Waals surface area contributed by atoms with Crippen LogP contribution in [0.4, 0.5) is 0 Å². The van der Waals surface area contributed by atoms with Crippen molar-refractivity contribution in [3.8, 4) is 0 Å². The predicted molar refractivity (Wildman–Crippen MR) is 49.9 cm³/mol. The van der Waals surface area contributed by atoms with Crippen molar-refractivity contribution in [2.24, 2.45) is 0 Å². The molecule has 1 heterocycles. The Bertz CT molecular complexity index is 245. The number of rotatable bonds is 1. The summed E-state index contributed by atoms with van der Waals surface area (Å²) < 4.78 is 0.866. The van der Waals surface area contributed by atoms with E-state index in [4.69, 9.17) is 0 Å². The second kappa shape index (κ2) is 3.88. The molecule has 0 saturated heterocycles. The Hall–Kier alpha value is -0.150. The van der Waals surface area contributed by atoms with E-state index in [2.05, 4.69) is 36.8 Å². The van der Waals surface area contributed by atoms with E-state index in [9.17, 15) is 0 Å². The van der Waals surface area contributed by atoms with Gasteiger partial charge in [-0.2, -0.15) is 0 Å². The van der Waals surface area contributed by atoms with E-state index in [1.54, 1.807) is 11.2 Å². The van der Waals surface area contributed by atoms with Gasteiger partial charge in [-0.15, -0.1) is 0 Å². The highest BCUT2D eigenvalue weighted by atomic mass is 79.9. The van der Waals surface area contributed by atoms with Crippen molar-refractivity contribution in [1.82, 2.24) is 4.98 Å². The van der Waals surface area contributed by atoms with Gasteiger partial charge in [0.15, 0.2) is 0 Å². The van der Waals surface area contributed by atoms with Crippen LogP contribution >= 0.6 is 31.9 Å². The molecule has 0 spiro atoms. The van der Waals surface area contributed by atoms with E-state index >= 15 is 0 Å². The van der Waals surface area contributed by atoms with Crippen molar-refractivity contribution < 1.29 is 0 Å². The molecule has 0 saturated carbocycles. The zero-order valence-corrected chi connectivity index (χ0v) is 8.26. The van der Waals surface area contributed by atoms with Crippen molar-refractivity contribution in [1.29, 1.82) is 0 Å². The van der Waals surface area contributed by atoms with Gasteiger partial charge in [-0.25, -0.2) is 4.98 Å². The second-order valence-electron chi connectivity index (χ2n) is 1.68. The molecule has 10 heavy (non-hydrogen) atoms. The monoisotopic (exact) mass is 261 g/mol. The number of hydrogen-bond acceptors (Lipinski definition) is 1. The van der Waals surface area contributed by atoms with Gasteiger partial charge in [-0.3, -0.25) is 0 Å². The van der Waals surface area contributed by atoms with Gasteiger partial charge >= 0.3 is 0 Å². The van der Waals surface area contributed by atoms with Crippen molar-refractivity contribution in [2.45, 2.75) is 0 Å². The van der Waals surface area contributed by atoms with Gasteiger partial charge in [-0.05, 0) is 33.1 Å². The first kappa shape index (κ1) is 7.95. The first-order chi connectivity index (χ1) is 4.84. The molecule has 0 N–H and O–H groups in total. The molecule has 1 nitrogen and oxygen atoms in total. The molecule has 1 aromatic rings. The van der Waals surface area contributed by atoms with Crippen LogP contribution in [0.5, 0.6) is 0 Å². The average Bonchev–Trinajstić information content (AvgIpc) is 1.94. The van der Waals surface area contributed by atoms with Crippen LogP contribution < -0.4 is 0 Å². The van der Waals surface area contributed by atoms with Gasteiger partial charge in [-0.1, -0.05) is 22.0 Å². The number of aromatic nitrogens is 1. The van der Waals surface area contributed by atoms with Gasteiger partial charge in [0, 0.05) is 11.8 Å². The fourth-order valence-corrected chi connectivity index (χ4v) is 1.26.